The minimum absolute atomic E-state index is 0.0613. The highest BCUT2D eigenvalue weighted by atomic mass is 32.2. The molecule has 25 heavy (non-hydrogen) atoms. The highest BCUT2D eigenvalue weighted by Crippen LogP contribution is 2.31. The smallest absolute Gasteiger partial charge is 0.206 e. The fourth-order valence-electron chi connectivity index (χ4n) is 3.30. The Balaban J connectivity index is 2.27. The van der Waals surface area contributed by atoms with E-state index in [0.717, 1.165) is 18.1 Å². The quantitative estimate of drug-likeness (QED) is 0.602. The SMILES string of the molecule is CC[Si](CC)(CC)O[C@@H]1CC=C(S(=O)(=O)c2ccccc2)C=C[C@H]1C. The molecule has 5 heteroatoms. The zero-order valence-electron chi connectivity index (χ0n) is 15.7. The largest absolute Gasteiger partial charge is 0.413 e. The van der Waals surface area contributed by atoms with Crippen LogP contribution in [0.15, 0.2) is 58.4 Å². The fraction of sp³-hybridized carbons (Fsp3) is 0.500. The average Bonchev–Trinajstić information content (AvgIpc) is 2.83. The van der Waals surface area contributed by atoms with Crippen LogP contribution in [0.25, 0.3) is 0 Å². The Bertz CT molecular complexity index is 710. The number of hydrogen-bond acceptors (Lipinski definition) is 3. The lowest BCUT2D eigenvalue weighted by Gasteiger charge is -2.34. The molecule has 0 bridgehead atoms. The number of sulfone groups is 1. The van der Waals surface area contributed by atoms with E-state index in [1.165, 1.54) is 0 Å². The van der Waals surface area contributed by atoms with E-state index in [1.54, 1.807) is 30.3 Å². The summed E-state index contributed by atoms with van der Waals surface area (Å²) in [6.07, 6.45) is 6.29. The van der Waals surface area contributed by atoms with Crippen molar-refractivity contribution in [2.24, 2.45) is 5.92 Å². The van der Waals surface area contributed by atoms with Crippen molar-refractivity contribution >= 4 is 18.2 Å². The van der Waals surface area contributed by atoms with Crippen LogP contribution in [0, 0.1) is 5.92 Å². The van der Waals surface area contributed by atoms with Crippen LogP contribution in [-0.4, -0.2) is 22.8 Å². The molecule has 0 heterocycles. The number of benzene rings is 1. The second kappa shape index (κ2) is 8.47. The monoisotopic (exact) mass is 378 g/mol. The van der Waals surface area contributed by atoms with Crippen LogP contribution in [0.1, 0.15) is 34.1 Å². The van der Waals surface area contributed by atoms with Gasteiger partial charge in [0.05, 0.1) is 15.9 Å². The van der Waals surface area contributed by atoms with E-state index >= 15 is 0 Å². The van der Waals surface area contributed by atoms with Crippen LogP contribution in [0.3, 0.4) is 0 Å². The fourth-order valence-corrected chi connectivity index (χ4v) is 7.61. The number of allylic oxidation sites excluding steroid dienone is 1. The zero-order chi connectivity index (χ0) is 18.5. The lowest BCUT2D eigenvalue weighted by Crippen LogP contribution is -2.41. The van der Waals surface area contributed by atoms with Crippen molar-refractivity contribution in [2.45, 2.75) is 63.2 Å². The van der Waals surface area contributed by atoms with Gasteiger partial charge < -0.3 is 4.43 Å². The molecule has 0 saturated carbocycles. The maximum atomic E-state index is 12.9. The van der Waals surface area contributed by atoms with Gasteiger partial charge in [0.2, 0.25) is 9.84 Å². The third-order valence-electron chi connectivity index (χ3n) is 5.40. The van der Waals surface area contributed by atoms with Crippen molar-refractivity contribution in [2.75, 3.05) is 0 Å². The first kappa shape index (κ1) is 20.1. The molecule has 0 fully saturated rings. The molecular formula is C20H30O3SSi. The van der Waals surface area contributed by atoms with Gasteiger partial charge in [-0.2, -0.15) is 0 Å². The summed E-state index contributed by atoms with van der Waals surface area (Å²) in [7, 11) is -5.18. The van der Waals surface area contributed by atoms with Crippen LogP contribution in [0.2, 0.25) is 18.1 Å². The summed E-state index contributed by atoms with van der Waals surface area (Å²) in [6, 6.07) is 11.9. The molecule has 1 aliphatic carbocycles. The van der Waals surface area contributed by atoms with E-state index in [2.05, 4.69) is 27.7 Å². The first-order valence-electron chi connectivity index (χ1n) is 9.25. The summed E-state index contributed by atoms with van der Waals surface area (Å²) in [5, 5.41) is 0. The Hall–Kier alpha value is -1.17. The highest BCUT2D eigenvalue weighted by molar-refractivity contribution is 7.95. The zero-order valence-corrected chi connectivity index (χ0v) is 17.6. The first-order valence-corrected chi connectivity index (χ1v) is 13.3. The minimum Gasteiger partial charge on any atom is -0.413 e. The van der Waals surface area contributed by atoms with E-state index in [0.29, 0.717) is 16.2 Å². The van der Waals surface area contributed by atoms with Crippen LogP contribution in [0.5, 0.6) is 0 Å². The van der Waals surface area contributed by atoms with Crippen molar-refractivity contribution < 1.29 is 12.8 Å². The van der Waals surface area contributed by atoms with Gasteiger partial charge in [0.15, 0.2) is 8.32 Å². The highest BCUT2D eigenvalue weighted by Gasteiger charge is 2.34. The molecule has 2 rings (SSSR count). The molecule has 1 aliphatic rings. The van der Waals surface area contributed by atoms with E-state index in [1.807, 2.05) is 18.2 Å². The Kier molecular flexibility index (Phi) is 6.83. The van der Waals surface area contributed by atoms with Crippen LogP contribution >= 0.6 is 0 Å². The summed E-state index contributed by atoms with van der Waals surface area (Å²) in [6.45, 7) is 8.78. The summed E-state index contributed by atoms with van der Waals surface area (Å²) in [5.74, 6) is 0.205. The molecule has 0 saturated heterocycles. The van der Waals surface area contributed by atoms with Crippen LogP contribution in [0.4, 0.5) is 0 Å². The normalized spacial score (nSPS) is 21.7. The minimum atomic E-state index is -3.46. The molecule has 0 spiro atoms. The standard InChI is InChI=1S/C20H30O3SSi/c1-5-25(6-2,7-3)23-20-16-15-19(14-13-17(20)4)24(21,22)18-11-9-8-10-12-18/h8-15,17,20H,5-7,16H2,1-4H3/t17-,20-/m1/s1. The second-order valence-electron chi connectivity index (χ2n) is 6.78. The number of rotatable bonds is 7. The average molecular weight is 379 g/mol. The van der Waals surface area contributed by atoms with Gasteiger partial charge >= 0.3 is 0 Å². The molecule has 1 aromatic rings. The van der Waals surface area contributed by atoms with E-state index in [9.17, 15) is 8.42 Å². The molecule has 0 aliphatic heterocycles. The molecule has 1 aromatic carbocycles. The summed E-state index contributed by atoms with van der Waals surface area (Å²) >= 11 is 0. The molecule has 0 radical (unpaired) electrons. The second-order valence-corrected chi connectivity index (χ2v) is 13.4. The Morgan fingerprint density at radius 1 is 1.08 bits per heavy atom. The van der Waals surface area contributed by atoms with Gasteiger partial charge in [0.25, 0.3) is 0 Å². The van der Waals surface area contributed by atoms with Gasteiger partial charge in [-0.3, -0.25) is 0 Å². The Morgan fingerprint density at radius 2 is 1.68 bits per heavy atom. The molecule has 138 valence electrons. The maximum absolute atomic E-state index is 12.9. The summed E-state index contributed by atoms with van der Waals surface area (Å²) < 4.78 is 32.3. The lowest BCUT2D eigenvalue weighted by atomic mass is 10.0. The summed E-state index contributed by atoms with van der Waals surface area (Å²) in [5.41, 5.74) is 0. The van der Waals surface area contributed by atoms with Crippen molar-refractivity contribution in [1.82, 2.24) is 0 Å². The predicted molar refractivity (Wildman–Crippen MR) is 107 cm³/mol. The third kappa shape index (κ3) is 4.52. The first-order chi connectivity index (χ1) is 11.9. The van der Waals surface area contributed by atoms with Crippen molar-refractivity contribution in [3.63, 3.8) is 0 Å². The van der Waals surface area contributed by atoms with Crippen molar-refractivity contribution in [1.29, 1.82) is 0 Å². The Labute approximate surface area is 153 Å². The molecular weight excluding hydrogens is 348 g/mol. The summed E-state index contributed by atoms with van der Waals surface area (Å²) in [4.78, 5) is 0.728. The van der Waals surface area contributed by atoms with Gasteiger partial charge in [-0.15, -0.1) is 0 Å². The van der Waals surface area contributed by atoms with Gasteiger partial charge in [0.1, 0.15) is 0 Å². The maximum Gasteiger partial charge on any atom is 0.206 e. The van der Waals surface area contributed by atoms with Gasteiger partial charge in [-0.25, -0.2) is 8.42 Å². The van der Waals surface area contributed by atoms with Gasteiger partial charge in [-0.1, -0.05) is 58.0 Å². The molecule has 0 amide bonds. The van der Waals surface area contributed by atoms with E-state index in [-0.39, 0.29) is 12.0 Å². The third-order valence-corrected chi connectivity index (χ3v) is 11.9. The molecule has 0 aromatic heterocycles. The van der Waals surface area contributed by atoms with Gasteiger partial charge in [0, 0.05) is 0 Å². The van der Waals surface area contributed by atoms with Crippen LogP contribution in [-0.2, 0) is 14.3 Å². The number of hydrogen-bond donors (Lipinski definition) is 0. The van der Waals surface area contributed by atoms with E-state index < -0.39 is 18.2 Å². The lowest BCUT2D eigenvalue weighted by molar-refractivity contribution is 0.154. The molecule has 0 N–H and O–H groups in total. The Morgan fingerprint density at radius 3 is 2.24 bits per heavy atom. The van der Waals surface area contributed by atoms with Crippen LogP contribution < -0.4 is 0 Å². The molecule has 2 atom stereocenters. The molecule has 0 unspecified atom stereocenters. The topological polar surface area (TPSA) is 43.4 Å². The predicted octanol–water partition coefficient (Wildman–Crippen LogP) is 5.33. The van der Waals surface area contributed by atoms with Crippen molar-refractivity contribution in [3.8, 4) is 0 Å². The van der Waals surface area contributed by atoms with Crippen molar-refractivity contribution in [3.05, 3.63) is 53.5 Å². The molecule has 3 nitrogen and oxygen atoms in total. The van der Waals surface area contributed by atoms with E-state index in [4.69, 9.17) is 4.43 Å². The van der Waals surface area contributed by atoms with Gasteiger partial charge in [-0.05, 0) is 48.7 Å².